The molecule has 13 nitrogen and oxygen atoms in total. The number of rotatable bonds is 11. The molecule has 3 rings (SSSR count). The largest absolute Gasteiger partial charge is 0.480 e. The number of aliphatic carboxylic acids is 1. The molecule has 0 bridgehead atoms. The van der Waals surface area contributed by atoms with Crippen LogP contribution in [0.25, 0.3) is 0 Å². The van der Waals surface area contributed by atoms with Gasteiger partial charge >= 0.3 is 19.4 Å². The molecule has 1 aliphatic heterocycles. The summed E-state index contributed by atoms with van der Waals surface area (Å²) < 4.78 is 33.4. The van der Waals surface area contributed by atoms with Crippen LogP contribution in [0.1, 0.15) is 33.4 Å². The highest BCUT2D eigenvalue weighted by Gasteiger charge is 2.56. The van der Waals surface area contributed by atoms with Gasteiger partial charge in [-0.1, -0.05) is 25.1 Å². The van der Waals surface area contributed by atoms with Gasteiger partial charge in [-0.15, -0.1) is 0 Å². The van der Waals surface area contributed by atoms with E-state index in [1.807, 2.05) is 6.07 Å². The number of aliphatic hydroxyl groups is 1. The highest BCUT2D eigenvalue weighted by molar-refractivity contribution is 7.51. The molecular formula is C23H29N4O9P. The second-order valence-corrected chi connectivity index (χ2v) is 10.6. The first-order chi connectivity index (χ1) is 17.5. The van der Waals surface area contributed by atoms with Gasteiger partial charge in [0.05, 0.1) is 12.7 Å². The van der Waals surface area contributed by atoms with Crippen molar-refractivity contribution in [3.63, 3.8) is 0 Å². The molecule has 0 aliphatic carbocycles. The third-order valence-electron chi connectivity index (χ3n) is 6.07. The second kappa shape index (κ2) is 11.4. The first kappa shape index (κ1) is 28.3. The van der Waals surface area contributed by atoms with Crippen LogP contribution in [-0.4, -0.2) is 61.8 Å². The van der Waals surface area contributed by atoms with Crippen molar-refractivity contribution in [2.45, 2.75) is 51.7 Å². The number of nitrogens with zero attached hydrogens (tertiary/aromatic N) is 3. The molecule has 0 radical (unpaired) electrons. The van der Waals surface area contributed by atoms with Crippen molar-refractivity contribution in [2.24, 2.45) is 5.41 Å². The van der Waals surface area contributed by atoms with Gasteiger partial charge < -0.3 is 19.5 Å². The Balaban J connectivity index is 1.94. The molecule has 0 spiro atoms. The summed E-state index contributed by atoms with van der Waals surface area (Å²) in [6.45, 7) is 3.97. The zero-order valence-corrected chi connectivity index (χ0v) is 21.4. The van der Waals surface area contributed by atoms with Crippen LogP contribution in [0.3, 0.4) is 0 Å². The molecular weight excluding hydrogens is 507 g/mol. The average molecular weight is 536 g/mol. The lowest BCUT2D eigenvalue weighted by Crippen LogP contribution is -2.41. The van der Waals surface area contributed by atoms with Crippen molar-refractivity contribution >= 4 is 13.7 Å². The fourth-order valence-electron chi connectivity index (χ4n) is 3.95. The third kappa shape index (κ3) is 5.84. The number of carboxylic acid groups (broad SMARTS) is 1. The zero-order valence-electron chi connectivity index (χ0n) is 20.5. The summed E-state index contributed by atoms with van der Waals surface area (Å²) >= 11 is 0. The Morgan fingerprint density at radius 3 is 2.59 bits per heavy atom. The normalized spacial score (nSPS) is 25.8. The summed E-state index contributed by atoms with van der Waals surface area (Å²) in [5.74, 6) is -1.09. The fraction of sp³-hybridized carbons (Fsp3) is 0.478. The van der Waals surface area contributed by atoms with Crippen molar-refractivity contribution < 1.29 is 33.4 Å². The standard InChI is InChI=1S/C23H29N4O9P/c1-4-11-27(15(2)20(30)31)37(33,36-16-8-6-5-7-9-16)34-13-17-19(29)23(3,14-24)21(35-17)26-12-10-18(28)25-22(26)32/h5-10,12,15,17,19,21,29H,4,11,13H2,1-3H3,(H,30,31)(H,25,28,32)/t15-,17+,19+,21+,23+,37+/m0/s1. The van der Waals surface area contributed by atoms with Crippen LogP contribution in [0.15, 0.2) is 52.2 Å². The van der Waals surface area contributed by atoms with Gasteiger partial charge in [-0.3, -0.25) is 23.7 Å². The number of H-pyrrole nitrogens is 1. The van der Waals surface area contributed by atoms with Gasteiger partial charge in [-0.05, 0) is 32.4 Å². The highest BCUT2D eigenvalue weighted by atomic mass is 31.2. The Hall–Kier alpha value is -3.27. The Bertz CT molecular complexity index is 1310. The van der Waals surface area contributed by atoms with Crippen molar-refractivity contribution in [3.8, 4) is 11.8 Å². The Labute approximate surface area is 212 Å². The number of aliphatic hydroxyl groups excluding tert-OH is 1. The van der Waals surface area contributed by atoms with E-state index in [9.17, 15) is 34.4 Å². The number of hydrogen-bond donors (Lipinski definition) is 3. The molecule has 6 atom stereocenters. The van der Waals surface area contributed by atoms with Crippen molar-refractivity contribution in [3.05, 3.63) is 63.4 Å². The summed E-state index contributed by atoms with van der Waals surface area (Å²) in [4.78, 5) is 37.6. The third-order valence-corrected chi connectivity index (χ3v) is 8.16. The first-order valence-corrected chi connectivity index (χ1v) is 13.0. The van der Waals surface area contributed by atoms with E-state index in [4.69, 9.17) is 13.8 Å². The molecule has 1 fully saturated rings. The minimum atomic E-state index is -4.35. The van der Waals surface area contributed by atoms with Gasteiger partial charge in [-0.2, -0.15) is 9.93 Å². The number of nitrogens with one attached hydrogen (secondary N) is 1. The number of aromatic amines is 1. The van der Waals surface area contributed by atoms with Crippen molar-refractivity contribution in [1.29, 1.82) is 5.26 Å². The Kier molecular flexibility index (Phi) is 8.73. The molecule has 0 saturated carbocycles. The summed E-state index contributed by atoms with van der Waals surface area (Å²) in [7, 11) is -4.35. The smallest absolute Gasteiger partial charge is 0.462 e. The Morgan fingerprint density at radius 2 is 2.03 bits per heavy atom. The van der Waals surface area contributed by atoms with Gasteiger partial charge in [-0.25, -0.2) is 9.36 Å². The predicted molar refractivity (Wildman–Crippen MR) is 130 cm³/mol. The number of ether oxygens (including phenoxy) is 1. The minimum Gasteiger partial charge on any atom is -0.480 e. The summed E-state index contributed by atoms with van der Waals surface area (Å²) in [6.07, 6.45) is -2.52. The Morgan fingerprint density at radius 1 is 1.35 bits per heavy atom. The van der Waals surface area contributed by atoms with E-state index in [0.717, 1.165) is 21.5 Å². The maximum Gasteiger partial charge on any atom is 0.462 e. The van der Waals surface area contributed by atoms with E-state index >= 15 is 0 Å². The number of nitriles is 1. The van der Waals surface area contributed by atoms with Gasteiger partial charge in [0.15, 0.2) is 6.23 Å². The van der Waals surface area contributed by atoms with Crippen LogP contribution in [-0.2, 0) is 18.6 Å². The lowest BCUT2D eigenvalue weighted by Gasteiger charge is -2.33. The van der Waals surface area contributed by atoms with Crippen LogP contribution < -0.4 is 15.8 Å². The molecule has 37 heavy (non-hydrogen) atoms. The van der Waals surface area contributed by atoms with Gasteiger partial charge in [0.1, 0.15) is 29.4 Å². The molecule has 0 amide bonds. The number of para-hydroxylation sites is 1. The van der Waals surface area contributed by atoms with E-state index < -0.39 is 61.5 Å². The van der Waals surface area contributed by atoms with Crippen molar-refractivity contribution in [2.75, 3.05) is 13.2 Å². The molecule has 200 valence electrons. The lowest BCUT2D eigenvalue weighted by atomic mass is 9.84. The number of aromatic nitrogens is 2. The first-order valence-electron chi connectivity index (χ1n) is 11.5. The van der Waals surface area contributed by atoms with Crippen LogP contribution >= 0.6 is 7.75 Å². The molecule has 1 aliphatic rings. The van der Waals surface area contributed by atoms with E-state index in [0.29, 0.717) is 6.42 Å². The van der Waals surface area contributed by atoms with Crippen LogP contribution in [0.2, 0.25) is 0 Å². The quantitative estimate of drug-likeness (QED) is 0.355. The molecule has 3 N–H and O–H groups in total. The minimum absolute atomic E-state index is 0.0525. The van der Waals surface area contributed by atoms with Crippen LogP contribution in [0.5, 0.6) is 5.75 Å². The van der Waals surface area contributed by atoms with E-state index in [-0.39, 0.29) is 12.3 Å². The predicted octanol–water partition coefficient (Wildman–Crippen LogP) is 1.71. The SMILES string of the molecule is CCCN([C@@H](C)C(=O)O)[P@@](=O)(OC[C@H]1O[C@@H](n2ccc(=O)[nH]c2=O)[C@](C)(C#N)[C@@H]1O)Oc1ccccc1. The summed E-state index contributed by atoms with van der Waals surface area (Å²) in [5, 5.41) is 30.4. The average Bonchev–Trinajstić information content (AvgIpc) is 3.11. The lowest BCUT2D eigenvalue weighted by molar-refractivity contribution is -0.141. The second-order valence-electron chi connectivity index (χ2n) is 8.73. The molecule has 1 aromatic heterocycles. The molecule has 2 heterocycles. The summed E-state index contributed by atoms with van der Waals surface area (Å²) in [5.41, 5.74) is -3.16. The van der Waals surface area contributed by atoms with Gasteiger partial charge in [0, 0.05) is 18.8 Å². The fourth-order valence-corrected chi connectivity index (χ4v) is 5.95. The molecule has 14 heteroatoms. The molecule has 0 unspecified atom stereocenters. The highest BCUT2D eigenvalue weighted by Crippen LogP contribution is 2.54. The number of hydrogen-bond acceptors (Lipinski definition) is 9. The number of carbonyl (C=O) groups is 1. The van der Waals surface area contributed by atoms with E-state index in [1.54, 1.807) is 25.1 Å². The van der Waals surface area contributed by atoms with Gasteiger partial charge in [0.2, 0.25) is 0 Å². The van der Waals surface area contributed by atoms with Crippen molar-refractivity contribution in [1.82, 2.24) is 14.2 Å². The van der Waals surface area contributed by atoms with Crippen LogP contribution in [0, 0.1) is 16.7 Å². The maximum absolute atomic E-state index is 14.1. The monoisotopic (exact) mass is 536 g/mol. The topological polar surface area (TPSA) is 184 Å². The van der Waals surface area contributed by atoms with Crippen LogP contribution in [0.4, 0.5) is 0 Å². The summed E-state index contributed by atoms with van der Waals surface area (Å²) in [6, 6.07) is 9.81. The molecule has 1 aromatic carbocycles. The number of benzene rings is 1. The maximum atomic E-state index is 14.1. The zero-order chi connectivity index (χ0) is 27.4. The van der Waals surface area contributed by atoms with E-state index in [2.05, 4.69) is 4.98 Å². The molecule has 2 aromatic rings. The van der Waals surface area contributed by atoms with E-state index in [1.165, 1.54) is 26.0 Å². The molecule has 1 saturated heterocycles. The van der Waals surface area contributed by atoms with Gasteiger partial charge in [0.25, 0.3) is 5.56 Å². The number of carboxylic acids is 1.